The maximum absolute atomic E-state index is 12.5. The number of unbranched alkanes of at least 4 members (excludes halogenated alkanes) is 5. The maximum atomic E-state index is 12.5. The van der Waals surface area contributed by atoms with Gasteiger partial charge in [-0.05, 0) is 92.3 Å². The van der Waals surface area contributed by atoms with Crippen molar-refractivity contribution in [3.05, 3.63) is 11.6 Å². The molecule has 8 atom stereocenters. The maximum Gasteiger partial charge on any atom is 0.320 e. The van der Waals surface area contributed by atoms with Crippen molar-refractivity contribution in [1.82, 2.24) is 0 Å². The number of fused-ring (bicyclic) bond motifs is 5. The Balaban J connectivity index is 1.36. The number of rotatable bonds is 11. The summed E-state index contributed by atoms with van der Waals surface area (Å²) in [6.45, 7) is 9.69. The Morgan fingerprint density at radius 2 is 1.77 bits per heavy atom. The van der Waals surface area contributed by atoms with E-state index in [-0.39, 0.29) is 16.9 Å². The van der Waals surface area contributed by atoms with E-state index in [9.17, 15) is 4.79 Å². The minimum Gasteiger partial charge on any atom is -0.461 e. The van der Waals surface area contributed by atoms with E-state index in [4.69, 9.17) is 4.74 Å². The largest absolute Gasteiger partial charge is 0.461 e. The Morgan fingerprint density at radius 1 is 1.00 bits per heavy atom. The van der Waals surface area contributed by atoms with E-state index in [2.05, 4.69) is 49.7 Å². The molecule has 3 fully saturated rings. The van der Waals surface area contributed by atoms with Gasteiger partial charge in [0.25, 0.3) is 0 Å². The van der Waals surface area contributed by atoms with Crippen LogP contribution in [0.2, 0.25) is 0 Å². The predicted octanol–water partition coefficient (Wildman–Crippen LogP) is 9.79. The van der Waals surface area contributed by atoms with Gasteiger partial charge in [0.2, 0.25) is 0 Å². The van der Waals surface area contributed by atoms with Crippen LogP contribution in [0.1, 0.15) is 137 Å². The molecule has 0 saturated heterocycles. The quantitative estimate of drug-likeness (QED) is 0.111. The first-order chi connectivity index (χ1) is 16.8. The Kier molecular flexibility index (Phi) is 9.53. The summed E-state index contributed by atoms with van der Waals surface area (Å²) < 4.78 is 5.98. The lowest BCUT2D eigenvalue weighted by molar-refractivity contribution is -0.150. The van der Waals surface area contributed by atoms with Gasteiger partial charge in [0.05, 0.1) is 0 Å². The first-order valence-corrected chi connectivity index (χ1v) is 16.3. The molecule has 0 amide bonds. The second-order valence-electron chi connectivity index (χ2n) is 13.2. The molecular formula is C32H53BrO2. The van der Waals surface area contributed by atoms with E-state index in [1.54, 1.807) is 5.57 Å². The number of hydrogen-bond donors (Lipinski definition) is 0. The van der Waals surface area contributed by atoms with Gasteiger partial charge in [0.1, 0.15) is 10.9 Å². The summed E-state index contributed by atoms with van der Waals surface area (Å²) in [5.41, 5.74) is 2.54. The fourth-order valence-electron chi connectivity index (χ4n) is 9.09. The van der Waals surface area contributed by atoms with Crippen LogP contribution in [0, 0.1) is 34.5 Å². The second kappa shape index (κ2) is 12.0. The van der Waals surface area contributed by atoms with Gasteiger partial charge in [-0.3, -0.25) is 4.79 Å². The lowest BCUT2D eigenvalue weighted by atomic mass is 9.47. The molecule has 4 rings (SSSR count). The average Bonchev–Trinajstić information content (AvgIpc) is 3.18. The molecule has 0 spiro atoms. The van der Waals surface area contributed by atoms with Crippen molar-refractivity contribution in [2.45, 2.75) is 148 Å². The molecule has 0 aromatic carbocycles. The number of allylic oxidation sites excluding steroid dienone is 1. The Bertz CT molecular complexity index is 746. The fraction of sp³-hybridized carbons (Fsp3) is 0.906. The minimum atomic E-state index is -0.145. The van der Waals surface area contributed by atoms with Gasteiger partial charge in [-0.1, -0.05) is 100 Å². The number of carbonyl (C=O) groups is 1. The molecule has 0 aliphatic heterocycles. The Morgan fingerprint density at radius 3 is 2.54 bits per heavy atom. The zero-order chi connectivity index (χ0) is 25.1. The van der Waals surface area contributed by atoms with Crippen LogP contribution in [-0.2, 0) is 9.53 Å². The van der Waals surface area contributed by atoms with Crippen molar-refractivity contribution >= 4 is 21.9 Å². The third-order valence-electron chi connectivity index (χ3n) is 11.2. The average molecular weight is 550 g/mol. The SMILES string of the molecule is CCCCCCCCC1CCC2C3CC=C4C[C@@H](OC(=O)C(Br)CCC)CC[C@]4(C)C3CC[C@]12C. The van der Waals surface area contributed by atoms with Crippen LogP contribution in [0.15, 0.2) is 11.6 Å². The summed E-state index contributed by atoms with van der Waals surface area (Å²) in [6.07, 6.45) is 24.9. The molecule has 3 heteroatoms. The zero-order valence-corrected chi connectivity index (χ0v) is 24.8. The van der Waals surface area contributed by atoms with Gasteiger partial charge >= 0.3 is 5.97 Å². The van der Waals surface area contributed by atoms with Crippen molar-refractivity contribution in [3.63, 3.8) is 0 Å². The van der Waals surface area contributed by atoms with Crippen molar-refractivity contribution in [1.29, 1.82) is 0 Å². The lowest BCUT2D eigenvalue weighted by Crippen LogP contribution is -2.50. The summed E-state index contributed by atoms with van der Waals surface area (Å²) in [5, 5.41) is 0. The van der Waals surface area contributed by atoms with Crippen LogP contribution >= 0.6 is 15.9 Å². The van der Waals surface area contributed by atoms with Gasteiger partial charge in [-0.2, -0.15) is 0 Å². The van der Waals surface area contributed by atoms with Gasteiger partial charge in [-0.15, -0.1) is 0 Å². The minimum absolute atomic E-state index is 0.0504. The van der Waals surface area contributed by atoms with Gasteiger partial charge < -0.3 is 4.74 Å². The topological polar surface area (TPSA) is 26.3 Å². The Labute approximate surface area is 224 Å². The van der Waals surface area contributed by atoms with Crippen LogP contribution in [0.25, 0.3) is 0 Å². The molecule has 5 unspecified atom stereocenters. The van der Waals surface area contributed by atoms with E-state index in [1.165, 1.54) is 83.5 Å². The molecule has 0 bridgehead atoms. The molecule has 0 N–H and O–H groups in total. The summed E-state index contributed by atoms with van der Waals surface area (Å²) in [7, 11) is 0. The number of ether oxygens (including phenoxy) is 1. The molecule has 0 radical (unpaired) electrons. The lowest BCUT2D eigenvalue weighted by Gasteiger charge is -2.58. The number of hydrogen-bond acceptors (Lipinski definition) is 2. The molecule has 0 heterocycles. The highest BCUT2D eigenvalue weighted by Gasteiger charge is 2.58. The Hall–Kier alpha value is -0.310. The highest BCUT2D eigenvalue weighted by molar-refractivity contribution is 9.10. The van der Waals surface area contributed by atoms with Crippen molar-refractivity contribution in [2.75, 3.05) is 0 Å². The number of halogens is 1. The van der Waals surface area contributed by atoms with Crippen molar-refractivity contribution < 1.29 is 9.53 Å². The fourth-order valence-corrected chi connectivity index (χ4v) is 9.66. The van der Waals surface area contributed by atoms with E-state index in [0.29, 0.717) is 10.8 Å². The van der Waals surface area contributed by atoms with Crippen LogP contribution in [-0.4, -0.2) is 16.9 Å². The number of esters is 1. The molecule has 200 valence electrons. The molecule has 0 aromatic heterocycles. The molecular weight excluding hydrogens is 496 g/mol. The molecule has 4 aliphatic rings. The smallest absolute Gasteiger partial charge is 0.320 e. The van der Waals surface area contributed by atoms with Crippen LogP contribution in [0.3, 0.4) is 0 Å². The normalized spacial score (nSPS) is 39.2. The summed E-state index contributed by atoms with van der Waals surface area (Å²) in [4.78, 5) is 12.4. The molecule has 35 heavy (non-hydrogen) atoms. The van der Waals surface area contributed by atoms with E-state index < -0.39 is 0 Å². The highest BCUT2D eigenvalue weighted by Crippen LogP contribution is 2.66. The standard InChI is InChI=1S/C32H53BrO2/c1-5-7-8-9-10-11-13-23-15-17-27-26-16-14-24-22-25(35-30(34)29(33)12-6-2)18-20-32(24,4)28(26)19-21-31(23,27)3/h14,23,25-29H,5-13,15-22H2,1-4H3/t23?,25-,26?,27?,28?,29?,31+,32-/m0/s1. The third-order valence-corrected chi connectivity index (χ3v) is 12.1. The molecule has 3 saturated carbocycles. The van der Waals surface area contributed by atoms with Crippen LogP contribution < -0.4 is 0 Å². The van der Waals surface area contributed by atoms with Crippen LogP contribution in [0.5, 0.6) is 0 Å². The number of carbonyl (C=O) groups excluding carboxylic acids is 1. The van der Waals surface area contributed by atoms with Gasteiger partial charge in [-0.25, -0.2) is 0 Å². The van der Waals surface area contributed by atoms with Crippen molar-refractivity contribution in [2.24, 2.45) is 34.5 Å². The zero-order valence-electron chi connectivity index (χ0n) is 23.3. The number of alkyl halides is 1. The van der Waals surface area contributed by atoms with Gasteiger partial charge in [0.15, 0.2) is 0 Å². The summed E-state index contributed by atoms with van der Waals surface area (Å²) in [6, 6.07) is 0. The van der Waals surface area contributed by atoms with E-state index in [0.717, 1.165) is 49.4 Å². The summed E-state index contributed by atoms with van der Waals surface area (Å²) in [5.74, 6) is 3.57. The van der Waals surface area contributed by atoms with E-state index in [1.807, 2.05) is 0 Å². The van der Waals surface area contributed by atoms with Gasteiger partial charge in [0, 0.05) is 6.42 Å². The summed E-state index contributed by atoms with van der Waals surface area (Å²) >= 11 is 3.53. The highest BCUT2D eigenvalue weighted by atomic mass is 79.9. The van der Waals surface area contributed by atoms with E-state index >= 15 is 0 Å². The predicted molar refractivity (Wildman–Crippen MR) is 151 cm³/mol. The monoisotopic (exact) mass is 548 g/mol. The molecule has 0 aromatic rings. The van der Waals surface area contributed by atoms with Crippen molar-refractivity contribution in [3.8, 4) is 0 Å². The molecule has 2 nitrogen and oxygen atoms in total. The first-order valence-electron chi connectivity index (χ1n) is 15.4. The second-order valence-corrected chi connectivity index (χ2v) is 14.3. The van der Waals surface area contributed by atoms with Crippen LogP contribution in [0.4, 0.5) is 0 Å². The first kappa shape index (κ1) is 27.7. The molecule has 4 aliphatic carbocycles. The third kappa shape index (κ3) is 5.75.